The smallest absolute Gasteiger partial charge is 0.255 e. The first-order valence-electron chi connectivity index (χ1n) is 7.65. The number of aromatic nitrogens is 4. The van der Waals surface area contributed by atoms with Gasteiger partial charge in [0.15, 0.2) is 5.82 Å². The molecule has 1 N–H and O–H groups in total. The standard InChI is InChI=1S/C17H15N5O2/c23-17(13-5-3-8-19-16(13)22-11-18-10-20-22)21-14-7-9-24-15-6-2-1-4-12(14)15/h1-6,8,10-11,14H,7,9H2,(H,21,23)/t14-/m0/s1. The van der Waals surface area contributed by atoms with Crippen LogP contribution in [0.5, 0.6) is 5.75 Å². The van der Waals surface area contributed by atoms with Crippen LogP contribution in [-0.4, -0.2) is 32.3 Å². The second-order valence-electron chi connectivity index (χ2n) is 5.42. The Morgan fingerprint density at radius 2 is 2.17 bits per heavy atom. The van der Waals surface area contributed by atoms with Crippen molar-refractivity contribution in [2.75, 3.05) is 6.61 Å². The Morgan fingerprint density at radius 3 is 3.04 bits per heavy atom. The molecule has 1 aliphatic heterocycles. The molecular formula is C17H15N5O2. The molecule has 0 saturated carbocycles. The lowest BCUT2D eigenvalue weighted by Crippen LogP contribution is -2.33. The van der Waals surface area contributed by atoms with E-state index in [0.29, 0.717) is 18.0 Å². The molecule has 3 heterocycles. The predicted octanol–water partition coefficient (Wildman–Crippen LogP) is 1.92. The Morgan fingerprint density at radius 1 is 1.25 bits per heavy atom. The van der Waals surface area contributed by atoms with Gasteiger partial charge in [-0.3, -0.25) is 4.79 Å². The number of carbonyl (C=O) groups excluding carboxylic acids is 1. The van der Waals surface area contributed by atoms with Gasteiger partial charge < -0.3 is 10.1 Å². The molecule has 0 saturated heterocycles. The zero-order chi connectivity index (χ0) is 16.4. The van der Waals surface area contributed by atoms with Crippen molar-refractivity contribution in [1.29, 1.82) is 0 Å². The van der Waals surface area contributed by atoms with Crippen LogP contribution in [-0.2, 0) is 0 Å². The van der Waals surface area contributed by atoms with E-state index in [9.17, 15) is 4.79 Å². The molecule has 1 amide bonds. The van der Waals surface area contributed by atoms with Gasteiger partial charge in [0, 0.05) is 18.2 Å². The number of ether oxygens (including phenoxy) is 1. The molecular weight excluding hydrogens is 306 g/mol. The second kappa shape index (κ2) is 6.11. The van der Waals surface area contributed by atoms with E-state index in [1.807, 2.05) is 24.3 Å². The summed E-state index contributed by atoms with van der Waals surface area (Å²) >= 11 is 0. The molecule has 0 spiro atoms. The minimum absolute atomic E-state index is 0.0914. The summed E-state index contributed by atoms with van der Waals surface area (Å²) in [6.45, 7) is 0.574. The molecule has 1 atom stereocenters. The molecule has 120 valence electrons. The van der Waals surface area contributed by atoms with Gasteiger partial charge in [0.25, 0.3) is 5.91 Å². The summed E-state index contributed by atoms with van der Waals surface area (Å²) < 4.78 is 7.12. The summed E-state index contributed by atoms with van der Waals surface area (Å²) in [5.74, 6) is 1.07. The zero-order valence-corrected chi connectivity index (χ0v) is 12.8. The van der Waals surface area contributed by atoms with Crippen LogP contribution in [0.3, 0.4) is 0 Å². The summed E-state index contributed by atoms with van der Waals surface area (Å²) in [7, 11) is 0. The van der Waals surface area contributed by atoms with Crippen molar-refractivity contribution in [3.8, 4) is 11.6 Å². The Bertz CT molecular complexity index is 863. The normalized spacial score (nSPS) is 16.1. The molecule has 0 unspecified atom stereocenters. The van der Waals surface area contributed by atoms with Crippen molar-refractivity contribution in [3.05, 3.63) is 66.4 Å². The van der Waals surface area contributed by atoms with Gasteiger partial charge in [0.2, 0.25) is 0 Å². The number of hydrogen-bond acceptors (Lipinski definition) is 5. The number of para-hydroxylation sites is 1. The van der Waals surface area contributed by atoms with E-state index >= 15 is 0 Å². The van der Waals surface area contributed by atoms with E-state index in [2.05, 4.69) is 20.4 Å². The van der Waals surface area contributed by atoms with Crippen LogP contribution in [0.2, 0.25) is 0 Å². The van der Waals surface area contributed by atoms with Gasteiger partial charge in [-0.25, -0.2) is 14.6 Å². The molecule has 0 aliphatic carbocycles. The summed E-state index contributed by atoms with van der Waals surface area (Å²) in [4.78, 5) is 20.9. The van der Waals surface area contributed by atoms with E-state index in [1.165, 1.54) is 17.3 Å². The van der Waals surface area contributed by atoms with Crippen LogP contribution >= 0.6 is 0 Å². The van der Waals surface area contributed by atoms with Crippen LogP contribution in [0.4, 0.5) is 0 Å². The van der Waals surface area contributed by atoms with Crippen LogP contribution in [0.15, 0.2) is 55.2 Å². The summed E-state index contributed by atoms with van der Waals surface area (Å²) in [5.41, 5.74) is 1.44. The van der Waals surface area contributed by atoms with E-state index in [1.54, 1.807) is 18.3 Å². The van der Waals surface area contributed by atoms with Crippen molar-refractivity contribution in [1.82, 2.24) is 25.1 Å². The molecule has 3 aromatic rings. The fraction of sp³-hybridized carbons (Fsp3) is 0.176. The van der Waals surface area contributed by atoms with Gasteiger partial charge in [-0.2, -0.15) is 5.10 Å². The molecule has 2 aromatic heterocycles. The highest BCUT2D eigenvalue weighted by molar-refractivity contribution is 5.97. The molecule has 0 radical (unpaired) electrons. The topological polar surface area (TPSA) is 81.9 Å². The van der Waals surface area contributed by atoms with Crippen LogP contribution < -0.4 is 10.1 Å². The van der Waals surface area contributed by atoms with Crippen LogP contribution in [0, 0.1) is 0 Å². The number of nitrogens with one attached hydrogen (secondary N) is 1. The minimum atomic E-state index is -0.199. The van der Waals surface area contributed by atoms with Gasteiger partial charge in [-0.15, -0.1) is 0 Å². The number of fused-ring (bicyclic) bond motifs is 1. The van der Waals surface area contributed by atoms with Crippen LogP contribution in [0.25, 0.3) is 5.82 Å². The van der Waals surface area contributed by atoms with Crippen molar-refractivity contribution in [2.45, 2.75) is 12.5 Å². The molecule has 0 bridgehead atoms. The number of pyridine rings is 1. The lowest BCUT2D eigenvalue weighted by atomic mass is 10.00. The van der Waals surface area contributed by atoms with Gasteiger partial charge in [0.05, 0.1) is 18.2 Å². The van der Waals surface area contributed by atoms with Crippen molar-refractivity contribution in [3.63, 3.8) is 0 Å². The highest BCUT2D eigenvalue weighted by atomic mass is 16.5. The minimum Gasteiger partial charge on any atom is -0.493 e. The number of benzene rings is 1. The molecule has 7 nitrogen and oxygen atoms in total. The third kappa shape index (κ3) is 2.60. The maximum absolute atomic E-state index is 12.8. The fourth-order valence-electron chi connectivity index (χ4n) is 2.80. The van der Waals surface area contributed by atoms with E-state index in [0.717, 1.165) is 17.7 Å². The van der Waals surface area contributed by atoms with E-state index in [4.69, 9.17) is 4.74 Å². The summed E-state index contributed by atoms with van der Waals surface area (Å²) in [6.07, 6.45) is 5.27. The summed E-state index contributed by atoms with van der Waals surface area (Å²) in [5, 5.41) is 7.13. The molecule has 24 heavy (non-hydrogen) atoms. The van der Waals surface area contributed by atoms with Crippen LogP contribution in [0.1, 0.15) is 28.4 Å². The average Bonchev–Trinajstić information content (AvgIpc) is 3.16. The Balaban J connectivity index is 1.63. The van der Waals surface area contributed by atoms with Gasteiger partial charge >= 0.3 is 0 Å². The maximum Gasteiger partial charge on any atom is 0.255 e. The number of nitrogens with zero attached hydrogens (tertiary/aromatic N) is 4. The van der Waals surface area contributed by atoms with Crippen molar-refractivity contribution < 1.29 is 9.53 Å². The van der Waals surface area contributed by atoms with Gasteiger partial charge in [-0.05, 0) is 18.2 Å². The highest BCUT2D eigenvalue weighted by Gasteiger charge is 2.24. The average molecular weight is 321 g/mol. The third-order valence-electron chi connectivity index (χ3n) is 3.93. The largest absolute Gasteiger partial charge is 0.493 e. The second-order valence-corrected chi connectivity index (χ2v) is 5.42. The lowest BCUT2D eigenvalue weighted by Gasteiger charge is -2.26. The quantitative estimate of drug-likeness (QED) is 0.797. The Hall–Kier alpha value is -3.22. The highest BCUT2D eigenvalue weighted by Crippen LogP contribution is 2.31. The molecule has 0 fully saturated rings. The predicted molar refractivity (Wildman–Crippen MR) is 85.9 cm³/mol. The SMILES string of the molecule is O=C(N[C@H]1CCOc2ccccc21)c1cccnc1-n1cncn1. The number of hydrogen-bond donors (Lipinski definition) is 1. The molecule has 4 rings (SSSR count). The first kappa shape index (κ1) is 14.4. The Kier molecular flexibility index (Phi) is 3.66. The molecule has 1 aliphatic rings. The van der Waals surface area contributed by atoms with Crippen molar-refractivity contribution >= 4 is 5.91 Å². The lowest BCUT2D eigenvalue weighted by molar-refractivity contribution is 0.0924. The van der Waals surface area contributed by atoms with E-state index in [-0.39, 0.29) is 11.9 Å². The fourth-order valence-corrected chi connectivity index (χ4v) is 2.80. The molecule has 1 aromatic carbocycles. The van der Waals surface area contributed by atoms with Gasteiger partial charge in [0.1, 0.15) is 18.4 Å². The first-order chi connectivity index (χ1) is 11.8. The monoisotopic (exact) mass is 321 g/mol. The molecule has 7 heteroatoms. The first-order valence-corrected chi connectivity index (χ1v) is 7.65. The van der Waals surface area contributed by atoms with Gasteiger partial charge in [-0.1, -0.05) is 18.2 Å². The van der Waals surface area contributed by atoms with Crippen molar-refractivity contribution in [2.24, 2.45) is 0 Å². The number of carbonyl (C=O) groups is 1. The number of rotatable bonds is 3. The number of amides is 1. The summed E-state index contributed by atoms with van der Waals surface area (Å²) in [6, 6.07) is 11.1. The maximum atomic E-state index is 12.8. The Labute approximate surface area is 138 Å². The zero-order valence-electron chi connectivity index (χ0n) is 12.8. The third-order valence-corrected chi connectivity index (χ3v) is 3.93. The van der Waals surface area contributed by atoms with E-state index < -0.39 is 0 Å².